The van der Waals surface area contributed by atoms with Crippen molar-refractivity contribution in [2.75, 3.05) is 26.9 Å². The molecular weight excluding hydrogens is 386 g/mol. The van der Waals surface area contributed by atoms with Crippen LogP contribution in [0.15, 0.2) is 35.1 Å². The number of nitrogens with one attached hydrogen (secondary N) is 1. The molecule has 0 aliphatic heterocycles. The van der Waals surface area contributed by atoms with Gasteiger partial charge in [0.05, 0.1) is 32.4 Å². The van der Waals surface area contributed by atoms with E-state index in [1.807, 2.05) is 39.0 Å². The Morgan fingerprint density at radius 1 is 1.07 bits per heavy atom. The molecule has 1 amide bonds. The number of methoxy groups -OCH3 is 1. The van der Waals surface area contributed by atoms with Gasteiger partial charge < -0.3 is 19.5 Å². The fourth-order valence-corrected chi connectivity index (χ4v) is 2.71. The molecule has 0 radical (unpaired) electrons. The Hall–Kier alpha value is -2.87. The van der Waals surface area contributed by atoms with Crippen molar-refractivity contribution in [1.29, 1.82) is 0 Å². The van der Waals surface area contributed by atoms with Crippen LogP contribution in [0.2, 0.25) is 0 Å². The van der Waals surface area contributed by atoms with Crippen molar-refractivity contribution in [3.63, 3.8) is 0 Å². The normalized spacial score (nSPS) is 11.7. The number of ether oxygens (including phenoxy) is 3. The summed E-state index contributed by atoms with van der Waals surface area (Å²) in [7, 11) is 1.54. The molecule has 1 N–H and O–H groups in total. The Bertz CT molecular complexity index is 881. The summed E-state index contributed by atoms with van der Waals surface area (Å²) in [5.41, 5.74) is 0.769. The smallest absolute Gasteiger partial charge is 0.272 e. The van der Waals surface area contributed by atoms with Gasteiger partial charge in [-0.15, -0.1) is 0 Å². The molecule has 1 aromatic carbocycles. The Labute approximate surface area is 177 Å². The second-order valence-corrected chi connectivity index (χ2v) is 6.87. The maximum atomic E-state index is 12.7. The number of hydrogen-bond donors (Lipinski definition) is 1. The van der Waals surface area contributed by atoms with Gasteiger partial charge in [-0.25, -0.2) is 4.68 Å². The van der Waals surface area contributed by atoms with Gasteiger partial charge in [0.15, 0.2) is 11.5 Å². The summed E-state index contributed by atoms with van der Waals surface area (Å²) in [5, 5.41) is 7.05. The van der Waals surface area contributed by atoms with Crippen LogP contribution in [0.25, 0.3) is 0 Å². The lowest BCUT2D eigenvalue weighted by Gasteiger charge is -2.18. The summed E-state index contributed by atoms with van der Waals surface area (Å²) >= 11 is 0. The molecule has 2 rings (SSSR count). The molecule has 0 aliphatic rings. The summed E-state index contributed by atoms with van der Waals surface area (Å²) in [6, 6.07) is 8.12. The predicted octanol–water partition coefficient (Wildman–Crippen LogP) is 2.96. The molecule has 1 unspecified atom stereocenters. The molecular formula is C22H31N3O5. The van der Waals surface area contributed by atoms with Gasteiger partial charge in [-0.3, -0.25) is 9.59 Å². The second-order valence-electron chi connectivity index (χ2n) is 6.87. The topological polar surface area (TPSA) is 91.7 Å². The number of nitrogens with zero attached hydrogens (tertiary/aromatic N) is 2. The molecule has 8 nitrogen and oxygen atoms in total. The van der Waals surface area contributed by atoms with Crippen molar-refractivity contribution >= 4 is 5.91 Å². The summed E-state index contributed by atoms with van der Waals surface area (Å²) in [5.74, 6) is 0.991. The highest BCUT2D eigenvalue weighted by molar-refractivity contribution is 5.92. The lowest BCUT2D eigenvalue weighted by atomic mass is 10.1. The van der Waals surface area contributed by atoms with Gasteiger partial charge in [-0.05, 0) is 43.5 Å². The third-order valence-electron chi connectivity index (χ3n) is 4.35. The molecule has 0 saturated carbocycles. The summed E-state index contributed by atoms with van der Waals surface area (Å²) in [4.78, 5) is 24.5. The number of hydrogen-bond acceptors (Lipinski definition) is 6. The van der Waals surface area contributed by atoms with Crippen LogP contribution in [-0.4, -0.2) is 42.6 Å². The summed E-state index contributed by atoms with van der Waals surface area (Å²) in [6.07, 6.45) is 1.79. The van der Waals surface area contributed by atoms with E-state index in [1.54, 1.807) is 7.11 Å². The first kappa shape index (κ1) is 23.4. The Kier molecular flexibility index (Phi) is 9.34. The van der Waals surface area contributed by atoms with Gasteiger partial charge in [0.2, 0.25) is 0 Å². The van der Waals surface area contributed by atoms with Crippen molar-refractivity contribution < 1.29 is 19.0 Å². The fraction of sp³-hybridized carbons (Fsp3) is 0.500. The average molecular weight is 418 g/mol. The van der Waals surface area contributed by atoms with E-state index in [2.05, 4.69) is 10.4 Å². The molecule has 0 saturated heterocycles. The van der Waals surface area contributed by atoms with Crippen LogP contribution in [-0.2, 0) is 11.3 Å². The van der Waals surface area contributed by atoms with E-state index in [-0.39, 0.29) is 29.7 Å². The average Bonchev–Trinajstić information content (AvgIpc) is 2.75. The first-order chi connectivity index (χ1) is 14.5. The Morgan fingerprint density at radius 3 is 2.43 bits per heavy atom. The van der Waals surface area contributed by atoms with Crippen molar-refractivity contribution in [1.82, 2.24) is 15.1 Å². The number of benzene rings is 1. The van der Waals surface area contributed by atoms with Gasteiger partial charge in [0.25, 0.3) is 11.5 Å². The Balaban J connectivity index is 2.15. The molecule has 0 aliphatic carbocycles. The molecule has 30 heavy (non-hydrogen) atoms. The maximum absolute atomic E-state index is 12.7. The number of carbonyl (C=O) groups excluding carboxylic acids is 1. The van der Waals surface area contributed by atoms with Crippen molar-refractivity contribution in [2.45, 2.75) is 46.2 Å². The first-order valence-corrected chi connectivity index (χ1v) is 10.3. The van der Waals surface area contributed by atoms with E-state index in [9.17, 15) is 9.59 Å². The van der Waals surface area contributed by atoms with Crippen LogP contribution in [0, 0.1) is 0 Å². The molecule has 0 fully saturated rings. The fourth-order valence-electron chi connectivity index (χ4n) is 2.71. The number of carbonyl (C=O) groups is 1. The molecule has 0 spiro atoms. The van der Waals surface area contributed by atoms with E-state index >= 15 is 0 Å². The molecule has 1 heterocycles. The van der Waals surface area contributed by atoms with Crippen molar-refractivity contribution in [3.8, 4) is 11.5 Å². The number of aromatic nitrogens is 2. The van der Waals surface area contributed by atoms with Crippen LogP contribution in [0.1, 0.15) is 55.7 Å². The molecule has 1 atom stereocenters. The maximum Gasteiger partial charge on any atom is 0.272 e. The lowest BCUT2D eigenvalue weighted by molar-refractivity contribution is 0.0931. The van der Waals surface area contributed by atoms with E-state index in [0.29, 0.717) is 31.3 Å². The molecule has 0 bridgehead atoms. The van der Waals surface area contributed by atoms with Crippen LogP contribution in [0.5, 0.6) is 11.5 Å². The summed E-state index contributed by atoms with van der Waals surface area (Å²) < 4.78 is 17.8. The summed E-state index contributed by atoms with van der Waals surface area (Å²) in [6.45, 7) is 7.77. The van der Waals surface area contributed by atoms with Crippen LogP contribution >= 0.6 is 0 Å². The van der Waals surface area contributed by atoms with Crippen molar-refractivity contribution in [3.05, 3.63) is 51.9 Å². The van der Waals surface area contributed by atoms with Gasteiger partial charge in [-0.2, -0.15) is 5.10 Å². The zero-order valence-electron chi connectivity index (χ0n) is 18.1. The highest BCUT2D eigenvalue weighted by atomic mass is 16.5. The van der Waals surface area contributed by atoms with E-state index < -0.39 is 0 Å². The van der Waals surface area contributed by atoms with Gasteiger partial charge >= 0.3 is 0 Å². The van der Waals surface area contributed by atoms with Crippen molar-refractivity contribution in [2.24, 2.45) is 0 Å². The zero-order chi connectivity index (χ0) is 21.9. The Morgan fingerprint density at radius 2 is 1.77 bits per heavy atom. The minimum atomic E-state index is -0.365. The highest BCUT2D eigenvalue weighted by Gasteiger charge is 2.16. The molecule has 1 aromatic heterocycles. The minimum Gasteiger partial charge on any atom is -0.490 e. The van der Waals surface area contributed by atoms with Crippen LogP contribution < -0.4 is 20.3 Å². The quantitative estimate of drug-likeness (QED) is 0.571. The zero-order valence-corrected chi connectivity index (χ0v) is 18.1. The van der Waals surface area contributed by atoms with Gasteiger partial charge in [0.1, 0.15) is 5.69 Å². The number of rotatable bonds is 12. The van der Waals surface area contributed by atoms with Crippen LogP contribution in [0.4, 0.5) is 0 Å². The lowest BCUT2D eigenvalue weighted by Crippen LogP contribution is -2.31. The van der Waals surface area contributed by atoms with E-state index in [1.165, 1.54) is 16.8 Å². The standard InChI is InChI=1S/C22H31N3O5/c1-5-12-29-19-9-7-17(15-20(19)30-13-6-2)16(3)23-22(27)18-8-10-21(26)25(24-18)11-14-28-4/h7-10,15-16H,5-6,11-14H2,1-4H3,(H,23,27). The third kappa shape index (κ3) is 6.59. The highest BCUT2D eigenvalue weighted by Crippen LogP contribution is 2.31. The number of amides is 1. The predicted molar refractivity (Wildman–Crippen MR) is 114 cm³/mol. The molecule has 8 heteroatoms. The largest absolute Gasteiger partial charge is 0.490 e. The minimum absolute atomic E-state index is 0.169. The van der Waals surface area contributed by atoms with Crippen LogP contribution in [0.3, 0.4) is 0 Å². The van der Waals surface area contributed by atoms with E-state index in [0.717, 1.165) is 18.4 Å². The second kappa shape index (κ2) is 12.0. The van der Waals surface area contributed by atoms with Gasteiger partial charge in [0, 0.05) is 13.2 Å². The third-order valence-corrected chi connectivity index (χ3v) is 4.35. The molecule has 2 aromatic rings. The monoisotopic (exact) mass is 417 g/mol. The first-order valence-electron chi connectivity index (χ1n) is 10.3. The van der Waals surface area contributed by atoms with E-state index in [4.69, 9.17) is 14.2 Å². The van der Waals surface area contributed by atoms with Gasteiger partial charge in [-0.1, -0.05) is 19.9 Å². The SMILES string of the molecule is CCCOc1ccc(C(C)NC(=O)c2ccc(=O)n(CCOC)n2)cc1OCCC. The molecule has 164 valence electrons.